The van der Waals surface area contributed by atoms with Gasteiger partial charge < -0.3 is 19.9 Å². The number of fused-ring (bicyclic) bond motifs is 5. The Morgan fingerprint density at radius 3 is 2.17 bits per heavy atom. The van der Waals surface area contributed by atoms with E-state index in [-0.39, 0.29) is 47.8 Å². The zero-order valence-corrected chi connectivity index (χ0v) is 16.0. The van der Waals surface area contributed by atoms with Crippen LogP contribution in [0.4, 0.5) is 0 Å². The maximum atomic E-state index is 12.7. The van der Waals surface area contributed by atoms with Crippen LogP contribution in [0.3, 0.4) is 0 Å². The lowest BCUT2D eigenvalue weighted by Crippen LogP contribution is -2.28. The molecule has 2 N–H and O–H groups in total. The molecule has 4 rings (SSSR count). The molecule has 1 saturated heterocycles. The number of nitrogens with zero attached hydrogens (tertiary/aromatic N) is 2. The standard InChI is InChI=1S/C20H21N3O6/c1-27-13-5-10(6-14(28-2)18(13)29-9-15(21)24)8-22-23-19(25)16-11-3-4-12(7-11)17(16)20(23)26/h3-6,8,11-12,16-17H,7,9H2,1-2H3,(H2,21,24)/t11-,12-,16-,17+/m0/s1. The van der Waals surface area contributed by atoms with Gasteiger partial charge in [0.2, 0.25) is 5.75 Å². The number of nitrogens with two attached hydrogens (primary N) is 1. The van der Waals surface area contributed by atoms with Gasteiger partial charge in [0.1, 0.15) is 0 Å². The van der Waals surface area contributed by atoms with Gasteiger partial charge in [-0.05, 0) is 30.4 Å². The monoisotopic (exact) mass is 399 g/mol. The first-order chi connectivity index (χ1) is 13.9. The summed E-state index contributed by atoms with van der Waals surface area (Å²) in [4.78, 5) is 36.4. The minimum absolute atomic E-state index is 0.128. The minimum Gasteiger partial charge on any atom is -0.493 e. The molecule has 29 heavy (non-hydrogen) atoms. The molecule has 1 heterocycles. The summed E-state index contributed by atoms with van der Waals surface area (Å²) in [5.74, 6) is -0.688. The third-order valence-corrected chi connectivity index (χ3v) is 5.61. The maximum absolute atomic E-state index is 12.7. The van der Waals surface area contributed by atoms with Gasteiger partial charge in [0.05, 0.1) is 32.3 Å². The maximum Gasteiger partial charge on any atom is 0.255 e. The molecule has 2 aliphatic carbocycles. The normalized spacial score (nSPS) is 27.0. The molecule has 3 aliphatic rings. The molecular weight excluding hydrogens is 378 g/mol. The molecule has 2 fully saturated rings. The number of carbonyl (C=O) groups is 3. The highest BCUT2D eigenvalue weighted by Crippen LogP contribution is 2.52. The van der Waals surface area contributed by atoms with Crippen LogP contribution in [0, 0.1) is 23.7 Å². The molecule has 0 radical (unpaired) electrons. The van der Waals surface area contributed by atoms with E-state index in [0.29, 0.717) is 17.1 Å². The van der Waals surface area contributed by atoms with E-state index in [2.05, 4.69) is 5.10 Å². The van der Waals surface area contributed by atoms with Crippen LogP contribution in [-0.2, 0) is 14.4 Å². The fraction of sp³-hybridized carbons (Fsp3) is 0.400. The predicted octanol–water partition coefficient (Wildman–Crippen LogP) is 0.709. The van der Waals surface area contributed by atoms with Crippen molar-refractivity contribution in [3.63, 3.8) is 0 Å². The predicted molar refractivity (Wildman–Crippen MR) is 101 cm³/mol. The first kappa shape index (κ1) is 19.0. The number of methoxy groups -OCH3 is 2. The number of benzene rings is 1. The first-order valence-electron chi connectivity index (χ1n) is 9.21. The van der Waals surface area contributed by atoms with Crippen molar-refractivity contribution in [1.29, 1.82) is 0 Å². The van der Waals surface area contributed by atoms with Gasteiger partial charge in [-0.25, -0.2) is 0 Å². The number of amides is 3. The summed E-state index contributed by atoms with van der Waals surface area (Å²) in [6.07, 6.45) is 6.33. The lowest BCUT2D eigenvalue weighted by molar-refractivity contribution is -0.140. The van der Waals surface area contributed by atoms with Crippen LogP contribution in [0.2, 0.25) is 0 Å². The molecule has 2 bridgehead atoms. The van der Waals surface area contributed by atoms with Crippen LogP contribution in [0.5, 0.6) is 17.2 Å². The number of hydrogen-bond donors (Lipinski definition) is 1. The van der Waals surface area contributed by atoms with E-state index in [1.165, 1.54) is 20.4 Å². The Morgan fingerprint density at radius 2 is 1.69 bits per heavy atom. The summed E-state index contributed by atoms with van der Waals surface area (Å²) in [6, 6.07) is 3.19. The van der Waals surface area contributed by atoms with Crippen molar-refractivity contribution in [2.24, 2.45) is 34.5 Å². The van der Waals surface area contributed by atoms with E-state index in [1.807, 2.05) is 12.2 Å². The second-order valence-electron chi connectivity index (χ2n) is 7.24. The zero-order chi connectivity index (χ0) is 20.7. The van der Waals surface area contributed by atoms with Gasteiger partial charge in [0, 0.05) is 5.56 Å². The number of rotatable bonds is 7. The molecule has 0 unspecified atom stereocenters. The third-order valence-electron chi connectivity index (χ3n) is 5.61. The van der Waals surface area contributed by atoms with Gasteiger partial charge in [0.25, 0.3) is 17.7 Å². The van der Waals surface area contributed by atoms with Crippen molar-refractivity contribution in [3.05, 3.63) is 29.8 Å². The van der Waals surface area contributed by atoms with Crippen molar-refractivity contribution < 1.29 is 28.6 Å². The minimum atomic E-state index is -0.639. The van der Waals surface area contributed by atoms with Crippen molar-refractivity contribution in [3.8, 4) is 17.2 Å². The van der Waals surface area contributed by atoms with Crippen LogP contribution in [0.25, 0.3) is 0 Å². The molecule has 1 aliphatic heterocycles. The summed E-state index contributed by atoms with van der Waals surface area (Å²) in [6.45, 7) is -0.337. The Hall–Kier alpha value is -3.36. The van der Waals surface area contributed by atoms with Crippen LogP contribution < -0.4 is 19.9 Å². The molecule has 0 aromatic heterocycles. The molecule has 3 amide bonds. The Kier molecular flexibility index (Phi) is 4.73. The Balaban J connectivity index is 1.58. The fourth-order valence-corrected chi connectivity index (χ4v) is 4.39. The molecule has 1 aromatic rings. The van der Waals surface area contributed by atoms with Crippen molar-refractivity contribution in [1.82, 2.24) is 5.01 Å². The first-order valence-corrected chi connectivity index (χ1v) is 9.21. The Morgan fingerprint density at radius 1 is 1.14 bits per heavy atom. The highest BCUT2D eigenvalue weighted by atomic mass is 16.5. The van der Waals surface area contributed by atoms with Crippen molar-refractivity contribution in [2.75, 3.05) is 20.8 Å². The number of allylic oxidation sites excluding steroid dienone is 2. The third kappa shape index (κ3) is 3.12. The molecule has 9 heteroatoms. The largest absolute Gasteiger partial charge is 0.493 e. The summed E-state index contributed by atoms with van der Waals surface area (Å²) in [7, 11) is 2.87. The van der Waals surface area contributed by atoms with E-state index in [1.54, 1.807) is 12.1 Å². The van der Waals surface area contributed by atoms with Crippen LogP contribution in [-0.4, -0.2) is 49.8 Å². The molecule has 0 spiro atoms. The second kappa shape index (κ2) is 7.23. The highest BCUT2D eigenvalue weighted by Gasteiger charge is 2.59. The van der Waals surface area contributed by atoms with Crippen LogP contribution in [0.1, 0.15) is 12.0 Å². The Bertz CT molecular complexity index is 885. The molecule has 4 atom stereocenters. The molecule has 1 aromatic carbocycles. The molecular formula is C20H21N3O6. The quantitative estimate of drug-likeness (QED) is 0.410. The molecule has 9 nitrogen and oxygen atoms in total. The number of ether oxygens (including phenoxy) is 3. The summed E-state index contributed by atoms with van der Waals surface area (Å²) in [5, 5.41) is 5.11. The summed E-state index contributed by atoms with van der Waals surface area (Å²) < 4.78 is 16.0. The van der Waals surface area contributed by atoms with Crippen molar-refractivity contribution >= 4 is 23.9 Å². The lowest BCUT2D eigenvalue weighted by atomic mass is 9.85. The van der Waals surface area contributed by atoms with E-state index in [0.717, 1.165) is 11.4 Å². The number of primary amides is 1. The van der Waals surface area contributed by atoms with Gasteiger partial charge in [-0.2, -0.15) is 10.1 Å². The number of imide groups is 1. The van der Waals surface area contributed by atoms with Gasteiger partial charge in [0.15, 0.2) is 18.1 Å². The smallest absolute Gasteiger partial charge is 0.255 e. The SMILES string of the molecule is COc1cc(C=NN2C(=O)[C@@H]3[C@H](C2=O)[C@H]2C=C[C@H]3C2)cc(OC)c1OCC(N)=O. The summed E-state index contributed by atoms with van der Waals surface area (Å²) >= 11 is 0. The van der Waals surface area contributed by atoms with Crippen LogP contribution >= 0.6 is 0 Å². The van der Waals surface area contributed by atoms with Gasteiger partial charge >= 0.3 is 0 Å². The second-order valence-corrected chi connectivity index (χ2v) is 7.24. The van der Waals surface area contributed by atoms with Gasteiger partial charge in [-0.15, -0.1) is 0 Å². The van der Waals surface area contributed by atoms with Crippen molar-refractivity contribution in [2.45, 2.75) is 6.42 Å². The number of carbonyl (C=O) groups excluding carboxylic acids is 3. The number of hydrazone groups is 1. The average Bonchev–Trinajstić information content (AvgIpc) is 3.38. The van der Waals surface area contributed by atoms with Crippen LogP contribution in [0.15, 0.2) is 29.4 Å². The average molecular weight is 399 g/mol. The lowest BCUT2D eigenvalue weighted by Gasteiger charge is -2.15. The molecule has 152 valence electrons. The molecule has 1 saturated carbocycles. The van der Waals surface area contributed by atoms with E-state index < -0.39 is 5.91 Å². The Labute approximate surface area is 167 Å². The van der Waals surface area contributed by atoms with Gasteiger partial charge in [-0.1, -0.05) is 12.2 Å². The highest BCUT2D eigenvalue weighted by molar-refractivity contribution is 6.06. The van der Waals surface area contributed by atoms with E-state index in [4.69, 9.17) is 19.9 Å². The zero-order valence-electron chi connectivity index (χ0n) is 16.0. The van der Waals surface area contributed by atoms with Gasteiger partial charge in [-0.3, -0.25) is 14.4 Å². The fourth-order valence-electron chi connectivity index (χ4n) is 4.39. The topological polar surface area (TPSA) is 121 Å². The summed E-state index contributed by atoms with van der Waals surface area (Å²) in [5.41, 5.74) is 5.65. The van der Waals surface area contributed by atoms with E-state index in [9.17, 15) is 14.4 Å². The van der Waals surface area contributed by atoms with E-state index >= 15 is 0 Å². The number of hydrogen-bond acceptors (Lipinski definition) is 7.